The van der Waals surface area contributed by atoms with Crippen LogP contribution in [0.15, 0.2) is 41.4 Å². The summed E-state index contributed by atoms with van der Waals surface area (Å²) in [5, 5.41) is 0.290. The van der Waals surface area contributed by atoms with Crippen LogP contribution in [-0.4, -0.2) is 18.1 Å². The molecule has 0 fully saturated rings. The molecule has 2 aromatic carbocycles. The van der Waals surface area contributed by atoms with Crippen molar-refractivity contribution in [2.75, 3.05) is 7.11 Å². The SMILES string of the molecule is COc1ccc(C(C)=O)cc1CSC(N)=Nc1ccc(F)c(Cl)c1. The maximum Gasteiger partial charge on any atom is 0.159 e. The second kappa shape index (κ2) is 8.17. The number of carbonyl (C=O) groups is 1. The number of nitrogens with two attached hydrogens (primary N) is 1. The fourth-order valence-corrected chi connectivity index (χ4v) is 2.85. The van der Waals surface area contributed by atoms with Gasteiger partial charge < -0.3 is 10.5 Å². The van der Waals surface area contributed by atoms with Gasteiger partial charge in [-0.05, 0) is 43.3 Å². The number of hydrogen-bond donors (Lipinski definition) is 1. The molecule has 24 heavy (non-hydrogen) atoms. The molecule has 0 amide bonds. The highest BCUT2D eigenvalue weighted by Crippen LogP contribution is 2.26. The van der Waals surface area contributed by atoms with Crippen molar-refractivity contribution in [1.29, 1.82) is 0 Å². The third-order valence-corrected chi connectivity index (χ3v) is 4.34. The van der Waals surface area contributed by atoms with Gasteiger partial charge in [-0.2, -0.15) is 0 Å². The zero-order chi connectivity index (χ0) is 17.7. The Balaban J connectivity index is 2.14. The highest BCUT2D eigenvalue weighted by molar-refractivity contribution is 8.13. The third-order valence-electron chi connectivity index (χ3n) is 3.20. The third kappa shape index (κ3) is 4.72. The Morgan fingerprint density at radius 2 is 2.08 bits per heavy atom. The van der Waals surface area contributed by atoms with Crippen molar-refractivity contribution in [3.8, 4) is 5.75 Å². The average Bonchev–Trinajstić information content (AvgIpc) is 2.56. The summed E-state index contributed by atoms with van der Waals surface area (Å²) in [6.45, 7) is 1.51. The van der Waals surface area contributed by atoms with Crippen molar-refractivity contribution in [2.24, 2.45) is 10.7 Å². The summed E-state index contributed by atoms with van der Waals surface area (Å²) in [7, 11) is 1.56. The van der Waals surface area contributed by atoms with Crippen LogP contribution in [0.4, 0.5) is 10.1 Å². The lowest BCUT2D eigenvalue weighted by Gasteiger charge is -2.09. The van der Waals surface area contributed by atoms with E-state index in [1.54, 1.807) is 25.3 Å². The van der Waals surface area contributed by atoms with E-state index in [1.165, 1.54) is 36.9 Å². The van der Waals surface area contributed by atoms with Gasteiger partial charge in [0.25, 0.3) is 0 Å². The van der Waals surface area contributed by atoms with Gasteiger partial charge in [0, 0.05) is 16.9 Å². The minimum atomic E-state index is -0.507. The molecule has 126 valence electrons. The number of nitrogens with zero attached hydrogens (tertiary/aromatic N) is 1. The number of benzene rings is 2. The van der Waals surface area contributed by atoms with Crippen molar-refractivity contribution in [3.05, 3.63) is 58.4 Å². The summed E-state index contributed by atoms with van der Waals surface area (Å²) in [4.78, 5) is 15.7. The molecule has 0 aromatic heterocycles. The predicted octanol–water partition coefficient (Wildman–Crippen LogP) is 4.57. The molecule has 0 heterocycles. The average molecular weight is 367 g/mol. The first kappa shape index (κ1) is 18.3. The molecule has 0 atom stereocenters. The van der Waals surface area contributed by atoms with Gasteiger partial charge in [-0.25, -0.2) is 9.38 Å². The highest BCUT2D eigenvalue weighted by atomic mass is 35.5. The maximum absolute atomic E-state index is 13.1. The number of rotatable bonds is 5. The number of halogens is 2. The number of ether oxygens (including phenoxy) is 1. The van der Waals surface area contributed by atoms with E-state index in [4.69, 9.17) is 22.1 Å². The summed E-state index contributed by atoms with van der Waals surface area (Å²) >= 11 is 7.00. The Morgan fingerprint density at radius 3 is 2.71 bits per heavy atom. The Hall–Kier alpha value is -2.05. The van der Waals surface area contributed by atoms with Crippen molar-refractivity contribution in [3.63, 3.8) is 0 Å². The smallest absolute Gasteiger partial charge is 0.159 e. The molecule has 2 N–H and O–H groups in total. The van der Waals surface area contributed by atoms with Crippen LogP contribution in [0, 0.1) is 5.82 Å². The topological polar surface area (TPSA) is 64.7 Å². The molecular weight excluding hydrogens is 351 g/mol. The van der Waals surface area contributed by atoms with Crippen molar-refractivity contribution >= 4 is 40.0 Å². The highest BCUT2D eigenvalue weighted by Gasteiger charge is 2.09. The second-order valence-electron chi connectivity index (χ2n) is 4.92. The number of ketones is 1. The lowest BCUT2D eigenvalue weighted by molar-refractivity contribution is 0.101. The Labute approximate surface area is 148 Å². The summed E-state index contributed by atoms with van der Waals surface area (Å²) in [5.41, 5.74) is 7.81. The van der Waals surface area contributed by atoms with Gasteiger partial charge in [-0.3, -0.25) is 4.79 Å². The minimum Gasteiger partial charge on any atom is -0.496 e. The molecule has 0 aliphatic heterocycles. The molecule has 0 aliphatic carbocycles. The molecule has 0 radical (unpaired) electrons. The molecule has 2 aromatic rings. The molecule has 4 nitrogen and oxygen atoms in total. The molecule has 0 spiro atoms. The second-order valence-corrected chi connectivity index (χ2v) is 6.32. The fraction of sp³-hybridized carbons (Fsp3) is 0.176. The first-order chi connectivity index (χ1) is 11.4. The van der Waals surface area contributed by atoms with Crippen LogP contribution in [0.2, 0.25) is 5.02 Å². The standard InChI is InChI=1S/C17H16ClFN2O2S/c1-10(22)11-3-6-16(23-2)12(7-11)9-24-17(20)21-13-4-5-15(19)14(18)8-13/h3-8H,9H2,1-2H3,(H2,20,21). The summed E-state index contributed by atoms with van der Waals surface area (Å²) < 4.78 is 18.4. The number of hydrogen-bond acceptors (Lipinski definition) is 4. The van der Waals surface area contributed by atoms with E-state index < -0.39 is 5.82 Å². The van der Waals surface area contributed by atoms with Crippen LogP contribution < -0.4 is 10.5 Å². The van der Waals surface area contributed by atoms with Gasteiger partial charge in [-0.15, -0.1) is 0 Å². The number of amidine groups is 1. The summed E-state index contributed by atoms with van der Waals surface area (Å²) in [6, 6.07) is 9.37. The van der Waals surface area contributed by atoms with Crippen LogP contribution >= 0.6 is 23.4 Å². The van der Waals surface area contributed by atoms with Gasteiger partial charge in [0.05, 0.1) is 17.8 Å². The minimum absolute atomic E-state index is 0.00937. The number of aliphatic imine (C=N–C) groups is 1. The van der Waals surface area contributed by atoms with Crippen LogP contribution in [0.5, 0.6) is 5.75 Å². The Kier molecular flexibility index (Phi) is 6.23. The molecule has 0 aliphatic rings. The lowest BCUT2D eigenvalue weighted by atomic mass is 10.1. The zero-order valence-corrected chi connectivity index (χ0v) is 14.7. The van der Waals surface area contributed by atoms with Crippen LogP contribution in [0.3, 0.4) is 0 Å². The number of carbonyl (C=O) groups excluding carboxylic acids is 1. The molecule has 0 unspecified atom stereocenters. The van der Waals surface area contributed by atoms with Gasteiger partial charge in [-0.1, -0.05) is 23.4 Å². The lowest BCUT2D eigenvalue weighted by Crippen LogP contribution is -2.07. The molecular formula is C17H16ClFN2O2S. The van der Waals surface area contributed by atoms with Gasteiger partial charge in [0.2, 0.25) is 0 Å². The quantitative estimate of drug-likeness (QED) is 0.478. The van der Waals surface area contributed by atoms with E-state index in [0.717, 1.165) is 5.56 Å². The van der Waals surface area contributed by atoms with Gasteiger partial charge in [0.15, 0.2) is 11.0 Å². The van der Waals surface area contributed by atoms with E-state index in [9.17, 15) is 9.18 Å². The van der Waals surface area contributed by atoms with Crippen LogP contribution in [-0.2, 0) is 5.75 Å². The Morgan fingerprint density at radius 1 is 1.33 bits per heavy atom. The first-order valence-corrected chi connectivity index (χ1v) is 8.37. The molecule has 0 bridgehead atoms. The van der Waals surface area contributed by atoms with Crippen LogP contribution in [0.25, 0.3) is 0 Å². The number of Topliss-reactive ketones (excluding diaryl/α,β-unsaturated/α-hetero) is 1. The van der Waals surface area contributed by atoms with E-state index in [2.05, 4.69) is 4.99 Å². The first-order valence-electron chi connectivity index (χ1n) is 7.00. The normalized spacial score (nSPS) is 11.4. The molecule has 2 rings (SSSR count). The monoisotopic (exact) mass is 366 g/mol. The summed E-state index contributed by atoms with van der Waals surface area (Å²) in [6.07, 6.45) is 0. The van der Waals surface area contributed by atoms with E-state index in [1.807, 2.05) is 0 Å². The van der Waals surface area contributed by atoms with Crippen LogP contribution in [0.1, 0.15) is 22.8 Å². The maximum atomic E-state index is 13.1. The fourth-order valence-electron chi connectivity index (χ4n) is 1.98. The predicted molar refractivity (Wildman–Crippen MR) is 97.0 cm³/mol. The molecule has 7 heteroatoms. The largest absolute Gasteiger partial charge is 0.496 e. The van der Waals surface area contributed by atoms with Gasteiger partial charge >= 0.3 is 0 Å². The van der Waals surface area contributed by atoms with Crippen molar-refractivity contribution in [2.45, 2.75) is 12.7 Å². The van der Waals surface area contributed by atoms with Gasteiger partial charge in [0.1, 0.15) is 11.6 Å². The van der Waals surface area contributed by atoms with E-state index in [0.29, 0.717) is 27.9 Å². The zero-order valence-electron chi connectivity index (χ0n) is 13.2. The molecule has 0 saturated heterocycles. The van der Waals surface area contributed by atoms with Crippen molar-refractivity contribution < 1.29 is 13.9 Å². The number of methoxy groups -OCH3 is 1. The summed E-state index contributed by atoms with van der Waals surface area (Å²) in [5.74, 6) is 0.624. The number of thioether (sulfide) groups is 1. The Bertz CT molecular complexity index is 796. The van der Waals surface area contributed by atoms with E-state index in [-0.39, 0.29) is 10.8 Å². The van der Waals surface area contributed by atoms with E-state index >= 15 is 0 Å². The van der Waals surface area contributed by atoms with Crippen molar-refractivity contribution in [1.82, 2.24) is 0 Å². The molecule has 0 saturated carbocycles.